The van der Waals surface area contributed by atoms with E-state index in [1.165, 1.54) is 19.3 Å². The zero-order valence-electron chi connectivity index (χ0n) is 17.4. The molecule has 3 N–H and O–H groups in total. The van der Waals surface area contributed by atoms with Crippen LogP contribution in [0.15, 0.2) is 36.5 Å². The maximum Gasteiger partial charge on any atom is 0.220 e. The van der Waals surface area contributed by atoms with Gasteiger partial charge in [0.2, 0.25) is 5.91 Å². The normalized spacial score (nSPS) is 14.4. The van der Waals surface area contributed by atoms with Crippen molar-refractivity contribution < 1.29 is 15.0 Å². The lowest BCUT2D eigenvalue weighted by Gasteiger charge is -2.19. The molecule has 2 unspecified atom stereocenters. The Bertz CT molecular complexity index is 429. The fourth-order valence-electron chi connectivity index (χ4n) is 2.60. The maximum atomic E-state index is 11.8. The first-order chi connectivity index (χ1) is 13.2. The van der Waals surface area contributed by atoms with Crippen LogP contribution < -0.4 is 5.32 Å². The van der Waals surface area contributed by atoms with Crippen molar-refractivity contribution in [2.75, 3.05) is 6.61 Å². The molecule has 4 heteroatoms. The third-order valence-corrected chi connectivity index (χ3v) is 4.35. The number of aliphatic hydroxyl groups excluding tert-OH is 2. The summed E-state index contributed by atoms with van der Waals surface area (Å²) < 4.78 is 0. The molecule has 156 valence electrons. The van der Waals surface area contributed by atoms with Crippen molar-refractivity contribution in [3.05, 3.63) is 36.5 Å². The second-order valence-electron chi connectivity index (χ2n) is 6.97. The second-order valence-corrected chi connectivity index (χ2v) is 6.97. The van der Waals surface area contributed by atoms with Gasteiger partial charge in [0.05, 0.1) is 18.8 Å². The number of carbonyl (C=O) groups excluding carboxylic acids is 1. The van der Waals surface area contributed by atoms with Crippen molar-refractivity contribution in [2.24, 2.45) is 0 Å². The predicted molar refractivity (Wildman–Crippen MR) is 115 cm³/mol. The molecule has 0 rings (SSSR count). The summed E-state index contributed by atoms with van der Waals surface area (Å²) in [6.07, 6.45) is 22.6. The van der Waals surface area contributed by atoms with Crippen LogP contribution in [0.4, 0.5) is 0 Å². The first-order valence-corrected chi connectivity index (χ1v) is 10.7. The highest BCUT2D eigenvalue weighted by atomic mass is 16.3. The van der Waals surface area contributed by atoms with E-state index in [1.807, 2.05) is 6.08 Å². The molecule has 0 aliphatic rings. The van der Waals surface area contributed by atoms with Gasteiger partial charge < -0.3 is 15.5 Å². The van der Waals surface area contributed by atoms with E-state index >= 15 is 0 Å². The summed E-state index contributed by atoms with van der Waals surface area (Å²) in [7, 11) is 0. The third-order valence-electron chi connectivity index (χ3n) is 4.35. The van der Waals surface area contributed by atoms with Gasteiger partial charge in [-0.2, -0.15) is 0 Å². The highest BCUT2D eigenvalue weighted by Crippen LogP contribution is 2.04. The van der Waals surface area contributed by atoms with Gasteiger partial charge in [-0.25, -0.2) is 0 Å². The molecule has 0 bridgehead atoms. The van der Waals surface area contributed by atoms with Crippen LogP contribution in [-0.2, 0) is 4.79 Å². The summed E-state index contributed by atoms with van der Waals surface area (Å²) in [5.74, 6) is -0.110. The van der Waals surface area contributed by atoms with Crippen LogP contribution in [-0.4, -0.2) is 34.9 Å². The number of aliphatic hydroxyl groups is 2. The first-order valence-electron chi connectivity index (χ1n) is 10.7. The summed E-state index contributed by atoms with van der Waals surface area (Å²) in [4.78, 5) is 11.8. The van der Waals surface area contributed by atoms with Crippen molar-refractivity contribution >= 4 is 5.91 Å². The minimum Gasteiger partial charge on any atom is -0.394 e. The van der Waals surface area contributed by atoms with Gasteiger partial charge in [-0.15, -0.1) is 0 Å². The van der Waals surface area contributed by atoms with Crippen molar-refractivity contribution in [3.8, 4) is 0 Å². The quantitative estimate of drug-likeness (QED) is 0.250. The lowest BCUT2D eigenvalue weighted by molar-refractivity contribution is -0.123. The van der Waals surface area contributed by atoms with Crippen LogP contribution in [0.5, 0.6) is 0 Å². The van der Waals surface area contributed by atoms with E-state index in [2.05, 4.69) is 43.5 Å². The van der Waals surface area contributed by atoms with Crippen molar-refractivity contribution in [1.29, 1.82) is 0 Å². The van der Waals surface area contributed by atoms with Crippen LogP contribution in [0.2, 0.25) is 0 Å². The second kappa shape index (κ2) is 19.4. The molecule has 0 fully saturated rings. The minimum absolute atomic E-state index is 0.110. The van der Waals surface area contributed by atoms with Gasteiger partial charge in [-0.1, -0.05) is 76.0 Å². The SMILES string of the molecule is CCCC/C=C/CC/C=C/CC/C=C/C(O)C(CO)NC(=O)CCCCC. The van der Waals surface area contributed by atoms with E-state index in [1.54, 1.807) is 6.08 Å². The number of hydrogen-bond acceptors (Lipinski definition) is 3. The molecule has 4 nitrogen and oxygen atoms in total. The van der Waals surface area contributed by atoms with Gasteiger partial charge in [0.15, 0.2) is 0 Å². The Labute approximate surface area is 166 Å². The molecule has 0 saturated heterocycles. The fraction of sp³-hybridized carbons (Fsp3) is 0.696. The highest BCUT2D eigenvalue weighted by Gasteiger charge is 2.17. The Morgan fingerprint density at radius 3 is 1.96 bits per heavy atom. The zero-order valence-corrected chi connectivity index (χ0v) is 17.4. The highest BCUT2D eigenvalue weighted by molar-refractivity contribution is 5.76. The summed E-state index contributed by atoms with van der Waals surface area (Å²) in [6, 6.07) is -0.634. The average Bonchev–Trinajstić information content (AvgIpc) is 2.67. The molecule has 0 aromatic carbocycles. The third kappa shape index (κ3) is 16.5. The number of nitrogens with one attached hydrogen (secondary N) is 1. The predicted octanol–water partition coefficient (Wildman–Crippen LogP) is 4.82. The molecule has 0 heterocycles. The Morgan fingerprint density at radius 2 is 1.41 bits per heavy atom. The molecule has 0 radical (unpaired) electrons. The molecule has 2 atom stereocenters. The standard InChI is InChI=1S/C23H41NO3/c1-3-5-7-8-9-10-11-12-13-14-15-17-18-22(26)21(20-25)24-23(27)19-16-6-4-2/h8-9,12-13,17-18,21-22,25-26H,3-7,10-11,14-16,19-20H2,1-2H3,(H,24,27)/b9-8+,13-12+,18-17+. The summed E-state index contributed by atoms with van der Waals surface area (Å²) in [5.41, 5.74) is 0. The number of carbonyl (C=O) groups is 1. The van der Waals surface area contributed by atoms with Crippen LogP contribution in [0.1, 0.15) is 84.5 Å². The number of unbranched alkanes of at least 4 members (excludes halogenated alkanes) is 6. The van der Waals surface area contributed by atoms with Crippen LogP contribution in [0, 0.1) is 0 Å². The number of allylic oxidation sites excluding steroid dienone is 5. The van der Waals surface area contributed by atoms with E-state index in [4.69, 9.17) is 0 Å². The topological polar surface area (TPSA) is 69.6 Å². The molecule has 0 aliphatic heterocycles. The molecular weight excluding hydrogens is 338 g/mol. The molecule has 0 aromatic heterocycles. The Balaban J connectivity index is 3.89. The fourth-order valence-corrected chi connectivity index (χ4v) is 2.60. The number of hydrogen-bond donors (Lipinski definition) is 3. The van der Waals surface area contributed by atoms with Crippen LogP contribution in [0.3, 0.4) is 0 Å². The van der Waals surface area contributed by atoms with Crippen LogP contribution >= 0.6 is 0 Å². The molecule has 0 spiro atoms. The number of amides is 1. The summed E-state index contributed by atoms with van der Waals surface area (Å²) in [5, 5.41) is 22.2. The van der Waals surface area contributed by atoms with E-state index < -0.39 is 12.1 Å². The van der Waals surface area contributed by atoms with Gasteiger partial charge in [0.25, 0.3) is 0 Å². The first kappa shape index (κ1) is 25.6. The Kier molecular flexibility index (Phi) is 18.4. The average molecular weight is 380 g/mol. The van der Waals surface area contributed by atoms with Gasteiger partial charge >= 0.3 is 0 Å². The van der Waals surface area contributed by atoms with E-state index in [9.17, 15) is 15.0 Å². The van der Waals surface area contributed by atoms with Crippen molar-refractivity contribution in [2.45, 2.75) is 96.6 Å². The van der Waals surface area contributed by atoms with Crippen molar-refractivity contribution in [1.82, 2.24) is 5.32 Å². The van der Waals surface area contributed by atoms with E-state index in [0.717, 1.165) is 44.9 Å². The monoisotopic (exact) mass is 379 g/mol. The molecule has 0 aromatic rings. The van der Waals surface area contributed by atoms with E-state index in [0.29, 0.717) is 6.42 Å². The number of rotatable bonds is 17. The molecule has 1 amide bonds. The lowest BCUT2D eigenvalue weighted by Crippen LogP contribution is -2.45. The van der Waals surface area contributed by atoms with Crippen LogP contribution in [0.25, 0.3) is 0 Å². The van der Waals surface area contributed by atoms with Crippen molar-refractivity contribution in [3.63, 3.8) is 0 Å². The van der Waals surface area contributed by atoms with Gasteiger partial charge in [0, 0.05) is 6.42 Å². The molecular formula is C23H41NO3. The summed E-state index contributed by atoms with van der Waals surface area (Å²) >= 11 is 0. The van der Waals surface area contributed by atoms with Gasteiger partial charge in [-0.3, -0.25) is 4.79 Å². The molecule has 0 saturated carbocycles. The summed E-state index contributed by atoms with van der Waals surface area (Å²) in [6.45, 7) is 4.03. The molecule has 0 aliphatic carbocycles. The zero-order chi connectivity index (χ0) is 20.2. The smallest absolute Gasteiger partial charge is 0.220 e. The maximum absolute atomic E-state index is 11.8. The molecule has 27 heavy (non-hydrogen) atoms. The minimum atomic E-state index is -0.859. The van der Waals surface area contributed by atoms with E-state index in [-0.39, 0.29) is 12.5 Å². The largest absolute Gasteiger partial charge is 0.394 e. The van der Waals surface area contributed by atoms with Gasteiger partial charge in [0.1, 0.15) is 0 Å². The Hall–Kier alpha value is -1.39. The lowest BCUT2D eigenvalue weighted by atomic mass is 10.1. The Morgan fingerprint density at radius 1 is 0.852 bits per heavy atom. The van der Waals surface area contributed by atoms with Gasteiger partial charge in [-0.05, 0) is 38.5 Å².